The molecule has 0 aromatic heterocycles. The van der Waals surface area contributed by atoms with E-state index in [1.165, 1.54) is 128 Å². The van der Waals surface area contributed by atoms with Gasteiger partial charge < -0.3 is 14.2 Å². The summed E-state index contributed by atoms with van der Waals surface area (Å²) in [5.41, 5.74) is 0. The van der Waals surface area contributed by atoms with Crippen LogP contribution in [-0.2, 0) is 28.6 Å². The number of esters is 3. The Hall–Kier alpha value is -3.93. The Morgan fingerprint density at radius 1 is 0.276 bits per heavy atom. The van der Waals surface area contributed by atoms with E-state index in [2.05, 4.69) is 130 Å². The fourth-order valence-electron chi connectivity index (χ4n) is 8.75. The van der Waals surface area contributed by atoms with Crippen LogP contribution in [0.15, 0.2) is 109 Å². The van der Waals surface area contributed by atoms with Gasteiger partial charge in [-0.15, -0.1) is 0 Å². The number of rotatable bonds is 57. The maximum atomic E-state index is 12.8. The number of hydrogen-bond acceptors (Lipinski definition) is 6. The van der Waals surface area contributed by atoms with Gasteiger partial charge in [0.1, 0.15) is 13.2 Å². The second kappa shape index (κ2) is 63.6. The van der Waals surface area contributed by atoms with Crippen molar-refractivity contribution in [2.45, 2.75) is 303 Å². The number of ether oxygens (including phenoxy) is 3. The van der Waals surface area contributed by atoms with Crippen LogP contribution in [0.4, 0.5) is 0 Å². The summed E-state index contributed by atoms with van der Waals surface area (Å²) in [6.45, 7) is 6.51. The van der Waals surface area contributed by atoms with Crippen molar-refractivity contribution in [1.29, 1.82) is 0 Å². The van der Waals surface area contributed by atoms with E-state index in [1.54, 1.807) is 0 Å². The number of allylic oxidation sites excluding steroid dienone is 18. The van der Waals surface area contributed by atoms with Crippen LogP contribution < -0.4 is 0 Å². The lowest BCUT2D eigenvalue weighted by Crippen LogP contribution is -2.30. The zero-order valence-corrected chi connectivity index (χ0v) is 49.7. The molecule has 0 N–H and O–H groups in total. The first-order valence-corrected chi connectivity index (χ1v) is 31.9. The SMILES string of the molecule is CC/C=C\C/C=C\C/C=C\C/C=C\C/C=C\C/C=C\C/C=C\C/C=C\CCCCCCCCCCC(=O)OCC(COC(=O)CCCCCCCCCCCC)OC(=O)CCCCCCC/C=C\CCCCCCCC. The van der Waals surface area contributed by atoms with Crippen LogP contribution in [0.5, 0.6) is 0 Å². The maximum absolute atomic E-state index is 12.8. The van der Waals surface area contributed by atoms with Crippen molar-refractivity contribution in [1.82, 2.24) is 0 Å². The standard InChI is InChI=1S/C70H118O6/c1-4-7-10-13-16-19-22-24-26-27-28-29-30-31-32-33-34-35-36-37-38-39-40-41-42-43-45-46-48-51-54-57-60-63-69(72)75-66-67(65-74-68(71)62-59-56-53-50-21-18-15-12-9-6-3)76-70(73)64-61-58-55-52-49-47-44-25-23-20-17-14-11-8-5-2/h7,10,16,19,24-26,28-29,31-32,34-35,37-38,40-41,44,67H,4-6,8-9,11-15,17-18,20-23,27,30,33,36,39,42-43,45-66H2,1-3H3/b10-7-,19-16-,26-24-,29-28-,32-31-,35-34-,38-37-,41-40-,44-25-. The van der Waals surface area contributed by atoms with Crippen molar-refractivity contribution in [2.75, 3.05) is 13.2 Å². The van der Waals surface area contributed by atoms with Gasteiger partial charge in [-0.3, -0.25) is 14.4 Å². The molecule has 0 saturated carbocycles. The molecule has 0 aliphatic rings. The highest BCUT2D eigenvalue weighted by molar-refractivity contribution is 5.71. The molecule has 6 nitrogen and oxygen atoms in total. The zero-order chi connectivity index (χ0) is 55.0. The third-order valence-corrected chi connectivity index (χ3v) is 13.5. The Bertz CT molecular complexity index is 1540. The lowest BCUT2D eigenvalue weighted by atomic mass is 10.1. The highest BCUT2D eigenvalue weighted by atomic mass is 16.6. The minimum absolute atomic E-state index is 0.0814. The monoisotopic (exact) mass is 1050 g/mol. The molecule has 0 heterocycles. The molecule has 0 aliphatic heterocycles. The molecule has 434 valence electrons. The highest BCUT2D eigenvalue weighted by Gasteiger charge is 2.19. The van der Waals surface area contributed by atoms with Gasteiger partial charge in [-0.05, 0) is 109 Å². The van der Waals surface area contributed by atoms with Gasteiger partial charge in [0, 0.05) is 19.3 Å². The van der Waals surface area contributed by atoms with E-state index in [0.29, 0.717) is 19.3 Å². The quantitative estimate of drug-likeness (QED) is 0.0261. The van der Waals surface area contributed by atoms with Gasteiger partial charge in [0.15, 0.2) is 6.10 Å². The minimum atomic E-state index is -0.784. The van der Waals surface area contributed by atoms with Crippen molar-refractivity contribution < 1.29 is 28.6 Å². The van der Waals surface area contributed by atoms with Crippen LogP contribution in [0.1, 0.15) is 297 Å². The van der Waals surface area contributed by atoms with Gasteiger partial charge in [-0.25, -0.2) is 0 Å². The van der Waals surface area contributed by atoms with Crippen LogP contribution in [0, 0.1) is 0 Å². The molecule has 0 aromatic carbocycles. The van der Waals surface area contributed by atoms with Gasteiger partial charge in [-0.1, -0.05) is 278 Å². The number of unbranched alkanes of at least 4 members (excludes halogenated alkanes) is 28. The Morgan fingerprint density at radius 3 is 0.816 bits per heavy atom. The van der Waals surface area contributed by atoms with E-state index in [0.717, 1.165) is 128 Å². The molecule has 0 aliphatic carbocycles. The van der Waals surface area contributed by atoms with E-state index in [9.17, 15) is 14.4 Å². The Labute approximate surface area is 470 Å². The Morgan fingerprint density at radius 2 is 0.513 bits per heavy atom. The van der Waals surface area contributed by atoms with Crippen molar-refractivity contribution in [3.63, 3.8) is 0 Å². The highest BCUT2D eigenvalue weighted by Crippen LogP contribution is 2.15. The first kappa shape index (κ1) is 72.1. The van der Waals surface area contributed by atoms with Gasteiger partial charge in [0.2, 0.25) is 0 Å². The van der Waals surface area contributed by atoms with Crippen LogP contribution in [0.2, 0.25) is 0 Å². The van der Waals surface area contributed by atoms with Gasteiger partial charge in [0.05, 0.1) is 0 Å². The lowest BCUT2D eigenvalue weighted by molar-refractivity contribution is -0.167. The molecule has 0 radical (unpaired) electrons. The molecule has 0 rings (SSSR count). The third-order valence-electron chi connectivity index (χ3n) is 13.5. The molecule has 76 heavy (non-hydrogen) atoms. The second-order valence-electron chi connectivity index (χ2n) is 20.9. The molecule has 1 unspecified atom stereocenters. The topological polar surface area (TPSA) is 78.9 Å². The van der Waals surface area contributed by atoms with Gasteiger partial charge in [0.25, 0.3) is 0 Å². The molecule has 1 atom stereocenters. The van der Waals surface area contributed by atoms with Crippen molar-refractivity contribution in [3.05, 3.63) is 109 Å². The Kier molecular flexibility index (Phi) is 60.3. The summed E-state index contributed by atoms with van der Waals surface area (Å²) in [6, 6.07) is 0. The number of carbonyl (C=O) groups is 3. The molecule has 0 bridgehead atoms. The minimum Gasteiger partial charge on any atom is -0.462 e. The van der Waals surface area contributed by atoms with Crippen molar-refractivity contribution in [3.8, 4) is 0 Å². The normalized spacial score (nSPS) is 12.8. The smallest absolute Gasteiger partial charge is 0.306 e. The summed E-state index contributed by atoms with van der Waals surface area (Å²) in [4.78, 5) is 38.1. The van der Waals surface area contributed by atoms with Crippen LogP contribution >= 0.6 is 0 Å². The lowest BCUT2D eigenvalue weighted by Gasteiger charge is -2.18. The van der Waals surface area contributed by atoms with E-state index in [-0.39, 0.29) is 31.1 Å². The van der Waals surface area contributed by atoms with Crippen LogP contribution in [0.25, 0.3) is 0 Å². The van der Waals surface area contributed by atoms with E-state index < -0.39 is 6.10 Å². The molecule has 0 aromatic rings. The summed E-state index contributed by atoms with van der Waals surface area (Å²) < 4.78 is 16.9. The molecule has 0 fully saturated rings. The predicted molar refractivity (Wildman–Crippen MR) is 330 cm³/mol. The van der Waals surface area contributed by atoms with Gasteiger partial charge >= 0.3 is 17.9 Å². The summed E-state index contributed by atoms with van der Waals surface area (Å²) in [7, 11) is 0. The van der Waals surface area contributed by atoms with Crippen molar-refractivity contribution in [2.24, 2.45) is 0 Å². The number of carbonyl (C=O) groups excluding carboxylic acids is 3. The molecular formula is C70H118O6. The third kappa shape index (κ3) is 60.9. The summed E-state index contributed by atoms with van der Waals surface area (Å²) >= 11 is 0. The zero-order valence-electron chi connectivity index (χ0n) is 49.7. The Balaban J connectivity index is 4.21. The summed E-state index contributed by atoms with van der Waals surface area (Å²) in [5.74, 6) is -0.894. The average Bonchev–Trinajstić information content (AvgIpc) is 3.42. The maximum Gasteiger partial charge on any atom is 0.306 e. The second-order valence-corrected chi connectivity index (χ2v) is 20.9. The molecule has 0 amide bonds. The van der Waals surface area contributed by atoms with E-state index >= 15 is 0 Å². The average molecular weight is 1060 g/mol. The van der Waals surface area contributed by atoms with Crippen LogP contribution in [-0.4, -0.2) is 37.2 Å². The van der Waals surface area contributed by atoms with E-state index in [1.807, 2.05) is 0 Å². The summed E-state index contributed by atoms with van der Waals surface area (Å²) in [5, 5.41) is 0. The largest absolute Gasteiger partial charge is 0.462 e. The summed E-state index contributed by atoms with van der Waals surface area (Å²) in [6.07, 6.45) is 86.7. The predicted octanol–water partition coefficient (Wildman–Crippen LogP) is 21.8. The van der Waals surface area contributed by atoms with Crippen molar-refractivity contribution >= 4 is 17.9 Å². The van der Waals surface area contributed by atoms with E-state index in [4.69, 9.17) is 14.2 Å². The first-order valence-electron chi connectivity index (χ1n) is 31.9. The van der Waals surface area contributed by atoms with Gasteiger partial charge in [-0.2, -0.15) is 0 Å². The fourth-order valence-corrected chi connectivity index (χ4v) is 8.75. The molecular weight excluding hydrogens is 937 g/mol. The fraction of sp³-hybridized carbons (Fsp3) is 0.700. The molecule has 0 saturated heterocycles. The molecule has 6 heteroatoms. The first-order chi connectivity index (χ1) is 37.5. The molecule has 0 spiro atoms. The van der Waals surface area contributed by atoms with Crippen LogP contribution in [0.3, 0.4) is 0 Å². The number of hydrogen-bond donors (Lipinski definition) is 0.